The summed E-state index contributed by atoms with van der Waals surface area (Å²) in [7, 11) is 0. The Labute approximate surface area is 190 Å². The topological polar surface area (TPSA) is 61.4 Å². The fourth-order valence-corrected chi connectivity index (χ4v) is 3.10. The van der Waals surface area contributed by atoms with Crippen LogP contribution in [0.1, 0.15) is 10.4 Å². The van der Waals surface area contributed by atoms with Gasteiger partial charge in [-0.15, -0.1) is 0 Å². The monoisotopic (exact) mass is 541 g/mol. The molecule has 3 amide bonds. The third-order valence-electron chi connectivity index (χ3n) is 3.85. The van der Waals surface area contributed by atoms with Crippen molar-refractivity contribution in [3.05, 3.63) is 86.7 Å². The summed E-state index contributed by atoms with van der Waals surface area (Å²) in [6.45, 7) is 0. The summed E-state index contributed by atoms with van der Waals surface area (Å²) in [6, 6.07) is 16.8. The minimum atomic E-state index is -0.601. The summed E-state index contributed by atoms with van der Waals surface area (Å²) >= 11 is 12.4. The third kappa shape index (κ3) is 5.40. The molecule has 0 aliphatic carbocycles. The molecule has 29 heavy (non-hydrogen) atoms. The van der Waals surface area contributed by atoms with Gasteiger partial charge in [-0.2, -0.15) is 0 Å². The fraction of sp³-hybridized carbons (Fsp3) is 0. The number of carbonyl (C=O) groups is 2. The van der Waals surface area contributed by atoms with Crippen LogP contribution in [0.3, 0.4) is 0 Å². The summed E-state index contributed by atoms with van der Waals surface area (Å²) < 4.78 is 15.7. The zero-order chi connectivity index (χ0) is 21.0. The number of rotatable bonds is 4. The predicted molar refractivity (Wildman–Crippen MR) is 125 cm³/mol. The number of amides is 3. The van der Waals surface area contributed by atoms with Crippen molar-refractivity contribution < 1.29 is 14.0 Å². The Morgan fingerprint density at radius 2 is 1.62 bits per heavy atom. The number of carbonyl (C=O) groups excluding carboxylic acids is 2. The van der Waals surface area contributed by atoms with Gasteiger partial charge in [0, 0.05) is 14.9 Å². The van der Waals surface area contributed by atoms with Gasteiger partial charge in [-0.1, -0.05) is 36.5 Å². The fourth-order valence-electron chi connectivity index (χ4n) is 2.40. The lowest BCUT2D eigenvalue weighted by atomic mass is 10.2. The Kier molecular flexibility index (Phi) is 6.99. The van der Waals surface area contributed by atoms with Crippen LogP contribution in [0, 0.1) is 9.39 Å². The molecular formula is C20H14ClFIN3O2S. The average molecular weight is 542 g/mol. The standard InChI is InChI=1S/C20H14ClFIN3O2S/c21-16-11-13(7-10-18(16)23)25-20(28)26(29)14-8-5-12(6-9-14)24-19(27)15-3-1-2-4-17(15)22/h1-11,29H,(H,24,27)(H,25,28). The molecule has 0 unspecified atom stereocenters. The van der Waals surface area contributed by atoms with Gasteiger partial charge in [0.05, 0.1) is 16.3 Å². The number of anilines is 3. The lowest BCUT2D eigenvalue weighted by molar-refractivity contribution is 0.102. The molecule has 0 fully saturated rings. The van der Waals surface area contributed by atoms with Gasteiger partial charge < -0.3 is 10.6 Å². The maximum absolute atomic E-state index is 13.7. The Morgan fingerprint density at radius 1 is 0.966 bits per heavy atom. The van der Waals surface area contributed by atoms with E-state index in [2.05, 4.69) is 46.0 Å². The second kappa shape index (κ2) is 9.47. The Bertz CT molecular complexity index is 1070. The molecule has 0 spiro atoms. The summed E-state index contributed by atoms with van der Waals surface area (Å²) in [4.78, 5) is 24.5. The molecule has 0 heterocycles. The predicted octanol–water partition coefficient (Wildman–Crippen LogP) is 6.22. The number of thiol groups is 1. The molecule has 9 heteroatoms. The van der Waals surface area contributed by atoms with E-state index in [1.807, 2.05) is 0 Å². The van der Waals surface area contributed by atoms with E-state index in [0.29, 0.717) is 22.1 Å². The molecule has 2 N–H and O–H groups in total. The molecule has 5 nitrogen and oxygen atoms in total. The number of benzene rings is 3. The lowest BCUT2D eigenvalue weighted by Crippen LogP contribution is -2.26. The van der Waals surface area contributed by atoms with Gasteiger partial charge in [0.15, 0.2) is 0 Å². The van der Waals surface area contributed by atoms with Gasteiger partial charge in [0.2, 0.25) is 0 Å². The van der Waals surface area contributed by atoms with Gasteiger partial charge in [0.1, 0.15) is 5.82 Å². The van der Waals surface area contributed by atoms with E-state index < -0.39 is 17.8 Å². The second-order valence-electron chi connectivity index (χ2n) is 5.85. The van der Waals surface area contributed by atoms with Gasteiger partial charge in [-0.05, 0) is 77.2 Å². The molecule has 0 saturated heterocycles. The largest absolute Gasteiger partial charge is 0.336 e. The SMILES string of the molecule is O=C(Nc1ccc(N(S)C(=O)Nc2ccc(I)c(Cl)c2)cc1)c1ccccc1F. The Hall–Kier alpha value is -2.30. The molecule has 0 aromatic heterocycles. The van der Waals surface area contributed by atoms with Gasteiger partial charge >= 0.3 is 6.03 Å². The number of urea groups is 1. The van der Waals surface area contributed by atoms with E-state index >= 15 is 0 Å². The first-order valence-electron chi connectivity index (χ1n) is 8.26. The quantitative estimate of drug-likeness (QED) is 0.271. The normalized spacial score (nSPS) is 10.3. The van der Waals surface area contributed by atoms with Crippen LogP contribution in [0.15, 0.2) is 66.7 Å². The summed E-state index contributed by atoms with van der Waals surface area (Å²) in [5.74, 6) is -1.16. The molecule has 0 aliphatic heterocycles. The van der Waals surface area contributed by atoms with E-state index in [0.717, 1.165) is 7.88 Å². The summed E-state index contributed by atoms with van der Waals surface area (Å²) in [5.41, 5.74) is 1.41. The van der Waals surface area contributed by atoms with E-state index in [9.17, 15) is 14.0 Å². The van der Waals surface area contributed by atoms with E-state index in [4.69, 9.17) is 11.6 Å². The van der Waals surface area contributed by atoms with Crippen molar-refractivity contribution in [3.63, 3.8) is 0 Å². The van der Waals surface area contributed by atoms with Crippen molar-refractivity contribution in [3.8, 4) is 0 Å². The highest BCUT2D eigenvalue weighted by Crippen LogP contribution is 2.24. The van der Waals surface area contributed by atoms with Gasteiger partial charge in [-0.3, -0.25) is 4.79 Å². The van der Waals surface area contributed by atoms with Crippen LogP contribution >= 0.6 is 47.0 Å². The molecule has 0 bridgehead atoms. The van der Waals surface area contributed by atoms with Crippen LogP contribution in [0.25, 0.3) is 0 Å². The molecule has 0 atom stereocenters. The Balaban J connectivity index is 1.65. The van der Waals surface area contributed by atoms with Crippen molar-refractivity contribution >= 4 is 76.0 Å². The first kappa shape index (κ1) is 21.4. The first-order chi connectivity index (χ1) is 13.8. The summed E-state index contributed by atoms with van der Waals surface area (Å²) in [6.07, 6.45) is 0. The maximum Gasteiger partial charge on any atom is 0.336 e. The van der Waals surface area contributed by atoms with Crippen molar-refractivity contribution in [1.82, 2.24) is 0 Å². The van der Waals surface area contributed by atoms with E-state index in [1.54, 1.807) is 48.5 Å². The zero-order valence-electron chi connectivity index (χ0n) is 14.7. The molecule has 148 valence electrons. The molecule has 3 aromatic rings. The highest BCUT2D eigenvalue weighted by atomic mass is 127. The van der Waals surface area contributed by atoms with Crippen molar-refractivity contribution in [1.29, 1.82) is 0 Å². The lowest BCUT2D eigenvalue weighted by Gasteiger charge is -2.17. The number of hydrogen-bond acceptors (Lipinski definition) is 3. The number of nitrogens with one attached hydrogen (secondary N) is 2. The molecule has 3 rings (SSSR count). The highest BCUT2D eigenvalue weighted by molar-refractivity contribution is 14.1. The number of hydrogen-bond donors (Lipinski definition) is 3. The minimum Gasteiger partial charge on any atom is -0.322 e. The van der Waals surface area contributed by atoms with Crippen LogP contribution in [-0.2, 0) is 0 Å². The Morgan fingerprint density at radius 3 is 2.28 bits per heavy atom. The smallest absolute Gasteiger partial charge is 0.322 e. The van der Waals surface area contributed by atoms with Gasteiger partial charge in [-0.25, -0.2) is 13.5 Å². The van der Waals surface area contributed by atoms with Crippen LogP contribution in [0.2, 0.25) is 5.02 Å². The first-order valence-corrected chi connectivity index (χ1v) is 10.1. The van der Waals surface area contributed by atoms with Crippen LogP contribution < -0.4 is 14.9 Å². The van der Waals surface area contributed by atoms with Crippen molar-refractivity contribution in [2.75, 3.05) is 14.9 Å². The molecule has 0 aliphatic rings. The number of halogens is 3. The molecule has 3 aromatic carbocycles. The second-order valence-corrected chi connectivity index (χ2v) is 7.82. The van der Waals surface area contributed by atoms with Crippen molar-refractivity contribution in [2.45, 2.75) is 0 Å². The number of nitrogens with zero attached hydrogens (tertiary/aromatic N) is 1. The molecular weight excluding hydrogens is 528 g/mol. The molecule has 0 saturated carbocycles. The van der Waals surface area contributed by atoms with Gasteiger partial charge in [0.25, 0.3) is 5.91 Å². The highest BCUT2D eigenvalue weighted by Gasteiger charge is 2.14. The van der Waals surface area contributed by atoms with E-state index in [-0.39, 0.29) is 5.56 Å². The van der Waals surface area contributed by atoms with Crippen LogP contribution in [-0.4, -0.2) is 11.9 Å². The van der Waals surface area contributed by atoms with Crippen molar-refractivity contribution in [2.24, 2.45) is 0 Å². The zero-order valence-corrected chi connectivity index (χ0v) is 18.5. The average Bonchev–Trinajstić information content (AvgIpc) is 2.71. The van der Waals surface area contributed by atoms with E-state index in [1.165, 1.54) is 18.2 Å². The van der Waals surface area contributed by atoms with Crippen LogP contribution in [0.4, 0.5) is 26.2 Å². The summed E-state index contributed by atoms with van der Waals surface area (Å²) in [5, 5.41) is 5.83. The minimum absolute atomic E-state index is 0.0528. The maximum atomic E-state index is 13.7. The van der Waals surface area contributed by atoms with Crippen LogP contribution in [0.5, 0.6) is 0 Å². The molecule has 0 radical (unpaired) electrons. The third-order valence-corrected chi connectivity index (χ3v) is 5.84.